The molecule has 0 aliphatic rings. The number of halogens is 1. The van der Waals surface area contributed by atoms with Gasteiger partial charge in [0.25, 0.3) is 5.91 Å². The number of hydrogen-bond acceptors (Lipinski definition) is 3. The summed E-state index contributed by atoms with van der Waals surface area (Å²) in [4.78, 5) is 14.1. The average molecular weight is 351 g/mol. The first-order chi connectivity index (χ1) is 11.6. The van der Waals surface area contributed by atoms with Gasteiger partial charge >= 0.3 is 0 Å². The molecule has 0 saturated carbocycles. The second-order valence-electron chi connectivity index (χ2n) is 5.76. The summed E-state index contributed by atoms with van der Waals surface area (Å²) < 4.78 is 5.23. The van der Waals surface area contributed by atoms with E-state index in [0.717, 1.165) is 26.1 Å². The van der Waals surface area contributed by atoms with E-state index in [2.05, 4.69) is 24.3 Å². The third-order valence-electron chi connectivity index (χ3n) is 4.21. The monoisotopic (exact) mass is 350 g/mol. The third kappa shape index (κ3) is 4.36. The maximum atomic E-state index is 12.6. The second-order valence-corrected chi connectivity index (χ2v) is 6.17. The maximum Gasteiger partial charge on any atom is 0.257 e. The van der Waals surface area contributed by atoms with E-state index in [1.165, 1.54) is 4.90 Å². The molecule has 0 saturated heterocycles. The van der Waals surface area contributed by atoms with E-state index in [1.54, 1.807) is 13.0 Å². The van der Waals surface area contributed by atoms with Crippen molar-refractivity contribution in [2.24, 2.45) is 0 Å². The van der Waals surface area contributed by atoms with E-state index in [-0.39, 0.29) is 5.91 Å². The molecule has 0 bridgehead atoms. The van der Waals surface area contributed by atoms with Crippen LogP contribution in [0.3, 0.4) is 0 Å². The standard InChI is InChI=1S/C18H24ClN3O2/c1-4-22(5-2)12-8-11-20-18(23)16-13(3)24-21-17(16)14-9-6-7-10-15(14)19/h6-7,9-10H,4-5,8,11-12H2,1-3H3,(H,20,23)/p+1. The van der Waals surface area contributed by atoms with Crippen molar-refractivity contribution in [1.29, 1.82) is 0 Å². The van der Waals surface area contributed by atoms with Gasteiger partial charge < -0.3 is 14.7 Å². The zero-order valence-corrected chi connectivity index (χ0v) is 15.2. The predicted octanol–water partition coefficient (Wildman–Crippen LogP) is 2.35. The van der Waals surface area contributed by atoms with Crippen molar-refractivity contribution in [3.05, 3.63) is 40.6 Å². The molecule has 2 aromatic rings. The van der Waals surface area contributed by atoms with E-state index < -0.39 is 0 Å². The summed E-state index contributed by atoms with van der Waals surface area (Å²) in [5.74, 6) is 0.329. The molecular weight excluding hydrogens is 326 g/mol. The Morgan fingerprint density at radius 1 is 1.29 bits per heavy atom. The number of amides is 1. The van der Waals surface area contributed by atoms with Crippen LogP contribution in [0.25, 0.3) is 11.3 Å². The van der Waals surface area contributed by atoms with Gasteiger partial charge in [-0.15, -0.1) is 0 Å². The summed E-state index contributed by atoms with van der Waals surface area (Å²) in [6.07, 6.45) is 0.939. The SMILES string of the molecule is CC[NH+](CC)CCCNC(=O)c1c(-c2ccccc2Cl)noc1C. The number of nitrogens with zero attached hydrogens (tertiary/aromatic N) is 1. The van der Waals surface area contributed by atoms with Gasteiger partial charge in [-0.1, -0.05) is 35.0 Å². The summed E-state index contributed by atoms with van der Waals surface area (Å²) in [6.45, 7) is 9.98. The van der Waals surface area contributed by atoms with Gasteiger partial charge in [-0.2, -0.15) is 0 Å². The zero-order chi connectivity index (χ0) is 17.5. The molecular formula is C18H25ClN3O2+. The van der Waals surface area contributed by atoms with E-state index in [1.807, 2.05) is 18.2 Å². The number of aromatic nitrogens is 1. The Labute approximate surface area is 148 Å². The van der Waals surface area contributed by atoms with Crippen LogP contribution in [-0.2, 0) is 0 Å². The average Bonchev–Trinajstić information content (AvgIpc) is 2.97. The molecule has 130 valence electrons. The Balaban J connectivity index is 2.05. The van der Waals surface area contributed by atoms with Crippen molar-refractivity contribution in [3.63, 3.8) is 0 Å². The van der Waals surface area contributed by atoms with E-state index in [0.29, 0.717) is 34.1 Å². The van der Waals surface area contributed by atoms with Crippen molar-refractivity contribution < 1.29 is 14.2 Å². The summed E-state index contributed by atoms with van der Waals surface area (Å²) in [5, 5.41) is 7.54. The largest absolute Gasteiger partial charge is 0.360 e. The second kappa shape index (κ2) is 8.85. The Kier molecular flexibility index (Phi) is 6.82. The molecule has 0 atom stereocenters. The maximum absolute atomic E-state index is 12.6. The van der Waals surface area contributed by atoms with Crippen LogP contribution in [0, 0.1) is 6.92 Å². The first kappa shape index (κ1) is 18.5. The van der Waals surface area contributed by atoms with Gasteiger partial charge in [0.2, 0.25) is 0 Å². The Bertz CT molecular complexity index is 681. The van der Waals surface area contributed by atoms with Crippen LogP contribution in [0.4, 0.5) is 0 Å². The normalized spacial score (nSPS) is 11.0. The van der Waals surface area contributed by atoms with Crippen LogP contribution in [-0.4, -0.2) is 37.2 Å². The molecule has 1 aromatic heterocycles. The number of hydrogen-bond donors (Lipinski definition) is 2. The quantitative estimate of drug-likeness (QED) is 0.718. The van der Waals surface area contributed by atoms with Gasteiger partial charge in [-0.25, -0.2) is 0 Å². The third-order valence-corrected chi connectivity index (χ3v) is 4.54. The minimum atomic E-state index is -0.168. The molecule has 0 aliphatic heterocycles. The summed E-state index contributed by atoms with van der Waals surface area (Å²) in [6, 6.07) is 7.31. The molecule has 2 N–H and O–H groups in total. The van der Waals surface area contributed by atoms with Gasteiger partial charge in [-0.05, 0) is 26.8 Å². The number of quaternary nitrogens is 1. The van der Waals surface area contributed by atoms with Gasteiger partial charge in [0.05, 0.1) is 24.7 Å². The highest BCUT2D eigenvalue weighted by Crippen LogP contribution is 2.30. The lowest BCUT2D eigenvalue weighted by molar-refractivity contribution is -0.896. The van der Waals surface area contributed by atoms with Crippen LogP contribution in [0.5, 0.6) is 0 Å². The number of benzene rings is 1. The smallest absolute Gasteiger partial charge is 0.257 e. The van der Waals surface area contributed by atoms with Crippen LogP contribution in [0.2, 0.25) is 5.02 Å². The van der Waals surface area contributed by atoms with Crippen LogP contribution in [0.15, 0.2) is 28.8 Å². The molecule has 0 fully saturated rings. The number of aryl methyl sites for hydroxylation is 1. The van der Waals surface area contributed by atoms with Gasteiger partial charge in [-0.3, -0.25) is 4.79 Å². The number of rotatable bonds is 8. The van der Waals surface area contributed by atoms with Crippen LogP contribution in [0.1, 0.15) is 36.4 Å². The molecule has 0 aliphatic carbocycles. The van der Waals surface area contributed by atoms with Crippen molar-refractivity contribution in [3.8, 4) is 11.3 Å². The van der Waals surface area contributed by atoms with Crippen LogP contribution >= 0.6 is 11.6 Å². The minimum Gasteiger partial charge on any atom is -0.360 e. The molecule has 1 heterocycles. The fourth-order valence-corrected chi connectivity index (χ4v) is 2.93. The van der Waals surface area contributed by atoms with Crippen LogP contribution < -0.4 is 10.2 Å². The molecule has 0 radical (unpaired) electrons. The molecule has 2 rings (SSSR count). The lowest BCUT2D eigenvalue weighted by Gasteiger charge is -2.15. The fourth-order valence-electron chi connectivity index (χ4n) is 2.71. The van der Waals surface area contributed by atoms with Gasteiger partial charge in [0, 0.05) is 18.5 Å². The zero-order valence-electron chi connectivity index (χ0n) is 14.5. The Morgan fingerprint density at radius 2 is 2.00 bits per heavy atom. The Hall–Kier alpha value is -1.85. The highest BCUT2D eigenvalue weighted by molar-refractivity contribution is 6.33. The fraction of sp³-hybridized carbons (Fsp3) is 0.444. The van der Waals surface area contributed by atoms with Crippen molar-refractivity contribution in [1.82, 2.24) is 10.5 Å². The van der Waals surface area contributed by atoms with Gasteiger partial charge in [0.1, 0.15) is 17.0 Å². The van der Waals surface area contributed by atoms with E-state index in [4.69, 9.17) is 16.1 Å². The predicted molar refractivity (Wildman–Crippen MR) is 95.5 cm³/mol. The van der Waals surface area contributed by atoms with E-state index in [9.17, 15) is 4.79 Å². The molecule has 1 amide bonds. The van der Waals surface area contributed by atoms with Gasteiger partial charge in [0.15, 0.2) is 0 Å². The van der Waals surface area contributed by atoms with Crippen molar-refractivity contribution in [2.45, 2.75) is 27.2 Å². The highest BCUT2D eigenvalue weighted by atomic mass is 35.5. The topological polar surface area (TPSA) is 59.6 Å². The number of carbonyl (C=O) groups is 1. The van der Waals surface area contributed by atoms with Crippen molar-refractivity contribution in [2.75, 3.05) is 26.2 Å². The lowest BCUT2D eigenvalue weighted by atomic mass is 10.1. The molecule has 6 heteroatoms. The lowest BCUT2D eigenvalue weighted by Crippen LogP contribution is -3.11. The number of nitrogens with one attached hydrogen (secondary N) is 2. The molecule has 0 spiro atoms. The minimum absolute atomic E-state index is 0.168. The van der Waals surface area contributed by atoms with Crippen molar-refractivity contribution >= 4 is 17.5 Å². The molecule has 24 heavy (non-hydrogen) atoms. The Morgan fingerprint density at radius 3 is 2.67 bits per heavy atom. The molecule has 5 nitrogen and oxygen atoms in total. The molecule has 1 aromatic carbocycles. The molecule has 0 unspecified atom stereocenters. The first-order valence-corrected chi connectivity index (χ1v) is 8.79. The highest BCUT2D eigenvalue weighted by Gasteiger charge is 2.22. The summed E-state index contributed by atoms with van der Waals surface area (Å²) in [7, 11) is 0. The first-order valence-electron chi connectivity index (χ1n) is 8.41. The summed E-state index contributed by atoms with van der Waals surface area (Å²) in [5.41, 5.74) is 1.65. The van der Waals surface area contributed by atoms with E-state index >= 15 is 0 Å². The number of carbonyl (C=O) groups excluding carboxylic acids is 1. The summed E-state index contributed by atoms with van der Waals surface area (Å²) >= 11 is 6.22.